The normalized spacial score (nSPS) is 16.2. The van der Waals surface area contributed by atoms with E-state index in [4.69, 9.17) is 14.2 Å². The van der Waals surface area contributed by atoms with Crippen molar-refractivity contribution in [3.8, 4) is 34.4 Å². The fourth-order valence-corrected chi connectivity index (χ4v) is 7.98. The first-order valence-electron chi connectivity index (χ1n) is 18.7. The van der Waals surface area contributed by atoms with Gasteiger partial charge in [0, 0.05) is 75.2 Å². The maximum atomic E-state index is 13.2. The maximum absolute atomic E-state index is 13.2. The summed E-state index contributed by atoms with van der Waals surface area (Å²) in [6.45, 7) is 11.0. The van der Waals surface area contributed by atoms with Crippen molar-refractivity contribution >= 4 is 29.2 Å². The van der Waals surface area contributed by atoms with E-state index in [1.807, 2.05) is 68.7 Å². The lowest BCUT2D eigenvalue weighted by atomic mass is 9.92. The van der Waals surface area contributed by atoms with Gasteiger partial charge in [0.15, 0.2) is 0 Å². The second-order valence-electron chi connectivity index (χ2n) is 14.1. The number of thiazole rings is 1. The van der Waals surface area contributed by atoms with Crippen molar-refractivity contribution in [2.24, 2.45) is 7.05 Å². The highest BCUT2D eigenvalue weighted by Crippen LogP contribution is 2.37. The maximum Gasteiger partial charge on any atom is 0.265 e. The van der Waals surface area contributed by atoms with E-state index in [0.717, 1.165) is 71.1 Å². The summed E-state index contributed by atoms with van der Waals surface area (Å²) >= 11 is 1.38. The van der Waals surface area contributed by atoms with Crippen LogP contribution in [0.2, 0.25) is 0 Å². The van der Waals surface area contributed by atoms with Crippen LogP contribution in [0.15, 0.2) is 58.5 Å². The zero-order chi connectivity index (χ0) is 39.9. The molecule has 6 rings (SSSR count). The van der Waals surface area contributed by atoms with Crippen LogP contribution in [-0.2, 0) is 29.6 Å². The van der Waals surface area contributed by atoms with Crippen LogP contribution in [0.1, 0.15) is 45.8 Å². The van der Waals surface area contributed by atoms with Gasteiger partial charge in [0.1, 0.15) is 40.5 Å². The third kappa shape index (κ3) is 8.97. The first kappa shape index (κ1) is 40.2. The van der Waals surface area contributed by atoms with Gasteiger partial charge in [-0.3, -0.25) is 24.2 Å². The van der Waals surface area contributed by atoms with Crippen molar-refractivity contribution in [3.05, 3.63) is 96.9 Å². The molecule has 294 valence electrons. The Kier molecular flexibility index (Phi) is 12.9. The third-order valence-corrected chi connectivity index (χ3v) is 11.5. The quantitative estimate of drug-likeness (QED) is 0.117. The second-order valence-corrected chi connectivity index (χ2v) is 15.1. The number of nitrogens with zero attached hydrogens (tertiary/aromatic N) is 6. The number of rotatable bonds is 13. The Morgan fingerprint density at radius 1 is 1.04 bits per heavy atom. The van der Waals surface area contributed by atoms with Gasteiger partial charge in [-0.25, -0.2) is 4.98 Å². The Morgan fingerprint density at radius 3 is 2.41 bits per heavy atom. The van der Waals surface area contributed by atoms with E-state index >= 15 is 0 Å². The largest absolute Gasteiger partial charge is 0.496 e. The van der Waals surface area contributed by atoms with Crippen molar-refractivity contribution in [2.45, 2.75) is 39.8 Å². The smallest absolute Gasteiger partial charge is 0.265 e. The standard InChI is InChI=1S/C42H49N7O6S/c1-27-28(2)41(51)46(4)24-35(27)31-20-37(53-5)36(38(21-31)54-6)25-47-13-15-48(16-14-47)26-39(50)44-10-17-55-33-7-8-34-29(3)49(12-9-30(34)19-33)42(52)32(23-43)22-40-45-11-18-56-40/h7-8,11,18-22,24,29H,9-10,12-17,25-26H2,1-6H3,(H,44,50)/b32-22-. The molecule has 1 saturated heterocycles. The number of hydrogen-bond donors (Lipinski definition) is 1. The zero-order valence-electron chi connectivity index (χ0n) is 32.9. The fourth-order valence-electron chi connectivity index (χ4n) is 7.41. The molecule has 4 aromatic rings. The highest BCUT2D eigenvalue weighted by Gasteiger charge is 2.30. The van der Waals surface area contributed by atoms with Crippen LogP contribution in [-0.4, -0.2) is 103 Å². The summed E-state index contributed by atoms with van der Waals surface area (Å²) in [7, 11) is 5.08. The van der Waals surface area contributed by atoms with Gasteiger partial charge in [-0.2, -0.15) is 5.26 Å². The number of hydrogen-bond acceptors (Lipinski definition) is 11. The molecule has 2 aromatic carbocycles. The van der Waals surface area contributed by atoms with E-state index in [2.05, 4.69) is 20.1 Å². The molecular formula is C42H49N7O6S. The van der Waals surface area contributed by atoms with Crippen LogP contribution < -0.4 is 25.1 Å². The Morgan fingerprint density at radius 2 is 1.75 bits per heavy atom. The average molecular weight is 780 g/mol. The van der Waals surface area contributed by atoms with E-state index in [1.54, 1.807) is 43.0 Å². The second kappa shape index (κ2) is 18.0. The first-order chi connectivity index (χ1) is 27.0. The third-order valence-electron chi connectivity index (χ3n) is 10.7. The van der Waals surface area contributed by atoms with E-state index < -0.39 is 0 Å². The van der Waals surface area contributed by atoms with Gasteiger partial charge in [0.25, 0.3) is 11.5 Å². The van der Waals surface area contributed by atoms with E-state index in [1.165, 1.54) is 11.3 Å². The van der Waals surface area contributed by atoms with Crippen molar-refractivity contribution in [3.63, 3.8) is 0 Å². The molecule has 2 amide bonds. The van der Waals surface area contributed by atoms with Crippen molar-refractivity contribution in [1.29, 1.82) is 5.26 Å². The van der Waals surface area contributed by atoms with Crippen LogP contribution in [0.4, 0.5) is 0 Å². The number of nitrogens with one attached hydrogen (secondary N) is 1. The first-order valence-corrected chi connectivity index (χ1v) is 19.6. The van der Waals surface area contributed by atoms with E-state index in [9.17, 15) is 19.6 Å². The van der Waals surface area contributed by atoms with Crippen molar-refractivity contribution in [2.75, 3.05) is 66.6 Å². The Hall–Kier alpha value is -5.49. The molecule has 4 heterocycles. The summed E-state index contributed by atoms with van der Waals surface area (Å²) in [5.74, 6) is 1.82. The Labute approximate surface area is 331 Å². The van der Waals surface area contributed by atoms with Gasteiger partial charge in [-0.1, -0.05) is 6.07 Å². The lowest BCUT2D eigenvalue weighted by molar-refractivity contribution is -0.129. The number of methoxy groups -OCH3 is 2. The van der Waals surface area contributed by atoms with Gasteiger partial charge >= 0.3 is 0 Å². The van der Waals surface area contributed by atoms with Crippen LogP contribution in [0.5, 0.6) is 17.2 Å². The number of aromatic nitrogens is 2. The Balaban J connectivity index is 0.953. The highest BCUT2D eigenvalue weighted by molar-refractivity contribution is 7.10. The van der Waals surface area contributed by atoms with Crippen molar-refractivity contribution in [1.82, 2.24) is 29.6 Å². The topological polar surface area (TPSA) is 142 Å². The predicted octanol–water partition coefficient (Wildman–Crippen LogP) is 4.51. The van der Waals surface area contributed by atoms with E-state index in [-0.39, 0.29) is 29.0 Å². The molecule has 0 saturated carbocycles. The minimum absolute atomic E-state index is 0.00979. The summed E-state index contributed by atoms with van der Waals surface area (Å²) < 4.78 is 19.3. The molecule has 0 radical (unpaired) electrons. The molecule has 2 aliphatic rings. The van der Waals surface area contributed by atoms with Crippen LogP contribution in [0.25, 0.3) is 17.2 Å². The molecule has 56 heavy (non-hydrogen) atoms. The lowest BCUT2D eigenvalue weighted by Crippen LogP contribution is -2.49. The van der Waals surface area contributed by atoms with Crippen LogP contribution >= 0.6 is 11.3 Å². The van der Waals surface area contributed by atoms with Crippen LogP contribution in [0.3, 0.4) is 0 Å². The summed E-state index contributed by atoms with van der Waals surface area (Å²) in [5, 5.41) is 15.1. The van der Waals surface area contributed by atoms with Crippen LogP contribution in [0, 0.1) is 25.2 Å². The molecule has 2 aliphatic heterocycles. The van der Waals surface area contributed by atoms with Gasteiger partial charge in [0.05, 0.1) is 38.9 Å². The number of ether oxygens (including phenoxy) is 3. The van der Waals surface area contributed by atoms with Gasteiger partial charge in [-0.05, 0) is 79.8 Å². The number of nitriles is 1. The summed E-state index contributed by atoms with van der Waals surface area (Å²) in [6, 6.07) is 11.7. The summed E-state index contributed by atoms with van der Waals surface area (Å²) in [6.07, 6.45) is 5.70. The molecule has 0 bridgehead atoms. The summed E-state index contributed by atoms with van der Waals surface area (Å²) in [4.78, 5) is 48.9. The number of carbonyl (C=O) groups is 2. The molecule has 0 aliphatic carbocycles. The minimum Gasteiger partial charge on any atom is -0.496 e. The lowest BCUT2D eigenvalue weighted by Gasteiger charge is -2.35. The summed E-state index contributed by atoms with van der Waals surface area (Å²) in [5.41, 5.74) is 6.67. The number of fused-ring (bicyclic) bond motifs is 1. The van der Waals surface area contributed by atoms with E-state index in [0.29, 0.717) is 55.5 Å². The molecule has 13 nitrogen and oxygen atoms in total. The molecule has 1 atom stereocenters. The highest BCUT2D eigenvalue weighted by atomic mass is 32.1. The number of amides is 2. The molecule has 2 aromatic heterocycles. The molecule has 1 fully saturated rings. The van der Waals surface area contributed by atoms with Gasteiger partial charge in [0.2, 0.25) is 5.91 Å². The van der Waals surface area contributed by atoms with Gasteiger partial charge in [-0.15, -0.1) is 11.3 Å². The Bertz CT molecular complexity index is 2180. The predicted molar refractivity (Wildman–Crippen MR) is 216 cm³/mol. The number of aryl methyl sites for hydroxylation is 1. The zero-order valence-corrected chi connectivity index (χ0v) is 33.7. The van der Waals surface area contributed by atoms with Gasteiger partial charge < -0.3 is 29.0 Å². The fraction of sp³-hybridized carbons (Fsp3) is 0.405. The molecule has 14 heteroatoms. The average Bonchev–Trinajstić information content (AvgIpc) is 3.73. The number of carbonyl (C=O) groups excluding carboxylic acids is 2. The molecule has 1 N–H and O–H groups in total. The SMILES string of the molecule is COc1cc(-c2cn(C)c(=O)c(C)c2C)cc(OC)c1CN1CCN(CC(=O)NCCOc2ccc3c(c2)CCN(C(=O)/C(C#N)=C\c2nccs2)C3C)CC1. The number of piperazine rings is 1. The monoisotopic (exact) mass is 779 g/mol. The minimum atomic E-state index is -0.299. The molecular weight excluding hydrogens is 731 g/mol. The number of pyridine rings is 1. The number of benzene rings is 2. The van der Waals surface area contributed by atoms with Crippen molar-refractivity contribution < 1.29 is 23.8 Å². The molecule has 0 spiro atoms. The molecule has 1 unspecified atom stereocenters.